The highest BCUT2D eigenvalue weighted by atomic mass is 28.4. The van der Waals surface area contributed by atoms with Gasteiger partial charge in [-0.25, -0.2) is 0 Å². The van der Waals surface area contributed by atoms with E-state index in [4.69, 9.17) is 22.8 Å². The van der Waals surface area contributed by atoms with E-state index in [9.17, 15) is 14.7 Å². The Bertz CT molecular complexity index is 778. The molecule has 11 heteroatoms. The smallest absolute Gasteiger partial charge is 0.308 e. The van der Waals surface area contributed by atoms with Crippen molar-refractivity contribution in [3.8, 4) is 0 Å². The fourth-order valence-electron chi connectivity index (χ4n) is 2.79. The minimum atomic E-state index is -1.97. The Kier molecular flexibility index (Phi) is 17.7. The molecule has 0 aliphatic heterocycles. The van der Waals surface area contributed by atoms with Gasteiger partial charge < -0.3 is 27.9 Å². The molecule has 0 aliphatic rings. The summed E-state index contributed by atoms with van der Waals surface area (Å²) in [4.78, 5) is 23.3. The molecule has 0 saturated heterocycles. The van der Waals surface area contributed by atoms with E-state index >= 15 is 0 Å². The van der Waals surface area contributed by atoms with Crippen molar-refractivity contribution in [1.82, 2.24) is 0 Å². The Labute approximate surface area is 256 Å². The first kappa shape index (κ1) is 42.6. The number of rotatable bonds is 14. The van der Waals surface area contributed by atoms with Gasteiger partial charge in [-0.3, -0.25) is 9.59 Å². The Morgan fingerprint density at radius 2 is 0.927 bits per heavy atom. The predicted molar refractivity (Wildman–Crippen MR) is 177 cm³/mol. The van der Waals surface area contributed by atoms with E-state index in [0.29, 0.717) is 19.8 Å². The van der Waals surface area contributed by atoms with Crippen molar-refractivity contribution in [2.75, 3.05) is 26.4 Å². The second-order valence-corrected chi connectivity index (χ2v) is 29.6. The molecular formula is C30H66O8Si3. The number of ether oxygens (including phenoxy) is 2. The second-order valence-electron chi connectivity index (χ2n) is 15.3. The molecule has 0 spiro atoms. The molecule has 0 amide bonds. The molecule has 0 aromatic heterocycles. The molecule has 0 fully saturated rings. The minimum Gasteiger partial charge on any atom is -0.466 e. The molecular weight excluding hydrogens is 573 g/mol. The van der Waals surface area contributed by atoms with Gasteiger partial charge in [0.05, 0.1) is 51.5 Å². The van der Waals surface area contributed by atoms with Crippen LogP contribution in [0.25, 0.3) is 0 Å². The lowest BCUT2D eigenvalue weighted by Gasteiger charge is -2.41. The Morgan fingerprint density at radius 1 is 0.610 bits per heavy atom. The average Bonchev–Trinajstić information content (AvgIpc) is 2.75. The first-order chi connectivity index (χ1) is 18.2. The monoisotopic (exact) mass is 638 g/mol. The lowest BCUT2D eigenvalue weighted by Crippen LogP contribution is -2.48. The van der Waals surface area contributed by atoms with Crippen LogP contribution in [0.4, 0.5) is 0 Å². The molecule has 0 aliphatic carbocycles. The van der Waals surface area contributed by atoms with Gasteiger partial charge in [0.15, 0.2) is 25.0 Å². The molecule has 0 rings (SSSR count). The van der Waals surface area contributed by atoms with Gasteiger partial charge >= 0.3 is 11.9 Å². The average molecular weight is 639 g/mol. The lowest BCUT2D eigenvalue weighted by molar-refractivity contribution is -0.146. The van der Waals surface area contributed by atoms with Crippen molar-refractivity contribution in [2.45, 2.75) is 156 Å². The second kappa shape index (κ2) is 17.1. The molecule has 0 unspecified atom stereocenters. The van der Waals surface area contributed by atoms with Crippen LogP contribution in [0.15, 0.2) is 0 Å². The quantitative estimate of drug-likeness (QED) is 0.153. The van der Waals surface area contributed by atoms with E-state index in [1.54, 1.807) is 6.92 Å². The standard InChI is InChI=1S/C18H40O4Si2.C12H26O4Si/c1-12-20-16(19)13-15(22-24(10,11)18(5,6)7)14-21-23(8,9)17(2,3)4;1-7-15-11(14)8-10(9-13)16-17(5,6)12(2,3)4/h15H,12-14H2,1-11H3;10,13H,7-9H2,1-6H3/t15-;10-/m11/s1. The van der Waals surface area contributed by atoms with E-state index in [1.807, 2.05) is 6.92 Å². The molecule has 2 atom stereocenters. The molecule has 8 nitrogen and oxygen atoms in total. The van der Waals surface area contributed by atoms with Crippen molar-refractivity contribution >= 4 is 36.9 Å². The summed E-state index contributed by atoms with van der Waals surface area (Å²) < 4.78 is 28.7. The number of hydrogen-bond acceptors (Lipinski definition) is 8. The first-order valence-corrected chi connectivity index (χ1v) is 23.8. The molecule has 0 bridgehead atoms. The summed E-state index contributed by atoms with van der Waals surface area (Å²) in [6.45, 7) is 37.3. The maximum absolute atomic E-state index is 12.0. The number of esters is 2. The number of aliphatic hydroxyl groups excluding tert-OH is 1. The highest BCUT2D eigenvalue weighted by molar-refractivity contribution is 6.75. The Hall–Kier alpha value is -0.569. The summed E-state index contributed by atoms with van der Waals surface area (Å²) in [5.74, 6) is -0.523. The summed E-state index contributed by atoms with van der Waals surface area (Å²) in [7, 11) is -5.79. The van der Waals surface area contributed by atoms with Gasteiger partial charge in [-0.05, 0) is 68.2 Å². The fourth-order valence-corrected chi connectivity index (χ4v) is 6.51. The van der Waals surface area contributed by atoms with Gasteiger partial charge in [0.25, 0.3) is 0 Å². The van der Waals surface area contributed by atoms with Gasteiger partial charge in [-0.2, -0.15) is 0 Å². The van der Waals surface area contributed by atoms with Crippen LogP contribution in [-0.4, -0.2) is 80.6 Å². The Balaban J connectivity index is 0. The normalized spacial score (nSPS) is 15.0. The van der Waals surface area contributed by atoms with Crippen LogP contribution in [-0.2, 0) is 32.3 Å². The SMILES string of the molecule is CCOC(=O)C[C@H](CO)O[Si](C)(C)C(C)(C)C.CCOC(=O)C[C@H](CO[Si](C)(C)C(C)(C)C)O[Si](C)(C)C(C)(C)C. The van der Waals surface area contributed by atoms with Crippen LogP contribution in [0.5, 0.6) is 0 Å². The third kappa shape index (κ3) is 16.2. The summed E-state index contributed by atoms with van der Waals surface area (Å²) >= 11 is 0. The molecule has 0 saturated carbocycles. The first-order valence-electron chi connectivity index (χ1n) is 15.1. The third-order valence-corrected chi connectivity index (χ3v) is 22.1. The third-order valence-electron chi connectivity index (χ3n) is 8.57. The van der Waals surface area contributed by atoms with Crippen LogP contribution in [0.3, 0.4) is 0 Å². The van der Waals surface area contributed by atoms with Gasteiger partial charge in [-0.15, -0.1) is 0 Å². The number of aliphatic hydroxyl groups is 1. The highest BCUT2D eigenvalue weighted by Gasteiger charge is 2.42. The highest BCUT2D eigenvalue weighted by Crippen LogP contribution is 2.40. The van der Waals surface area contributed by atoms with Crippen molar-refractivity contribution in [1.29, 1.82) is 0 Å². The van der Waals surface area contributed by atoms with Gasteiger partial charge in [-0.1, -0.05) is 62.3 Å². The number of carbonyl (C=O) groups is 2. The van der Waals surface area contributed by atoms with Gasteiger partial charge in [0.2, 0.25) is 0 Å². The van der Waals surface area contributed by atoms with E-state index in [2.05, 4.69) is 102 Å². The van der Waals surface area contributed by atoms with Crippen LogP contribution in [0, 0.1) is 0 Å². The lowest BCUT2D eigenvalue weighted by atomic mass is 10.2. The van der Waals surface area contributed by atoms with E-state index in [0.717, 1.165) is 0 Å². The summed E-state index contributed by atoms with van der Waals surface area (Å²) in [6, 6.07) is 0. The maximum Gasteiger partial charge on any atom is 0.308 e. The van der Waals surface area contributed by atoms with Crippen molar-refractivity contribution in [3.63, 3.8) is 0 Å². The zero-order valence-electron chi connectivity index (χ0n) is 29.7. The predicted octanol–water partition coefficient (Wildman–Crippen LogP) is 7.67. The zero-order chi connectivity index (χ0) is 33.1. The van der Waals surface area contributed by atoms with Gasteiger partial charge in [0.1, 0.15) is 0 Å². The van der Waals surface area contributed by atoms with Crippen LogP contribution >= 0.6 is 0 Å². The molecule has 0 aromatic carbocycles. The van der Waals surface area contributed by atoms with Crippen LogP contribution in [0.1, 0.15) is 89.0 Å². The fraction of sp³-hybridized carbons (Fsp3) is 0.933. The van der Waals surface area contributed by atoms with Crippen LogP contribution in [0.2, 0.25) is 54.4 Å². The summed E-state index contributed by atoms with van der Waals surface area (Å²) in [5.41, 5.74) is 0. The maximum atomic E-state index is 12.0. The van der Waals surface area contributed by atoms with Crippen LogP contribution < -0.4 is 0 Å². The molecule has 0 aromatic rings. The van der Waals surface area contributed by atoms with Gasteiger partial charge in [0, 0.05) is 0 Å². The molecule has 0 heterocycles. The minimum absolute atomic E-state index is 0.0646. The topological polar surface area (TPSA) is 101 Å². The zero-order valence-corrected chi connectivity index (χ0v) is 32.7. The number of carbonyl (C=O) groups excluding carboxylic acids is 2. The molecule has 246 valence electrons. The Morgan fingerprint density at radius 3 is 1.22 bits per heavy atom. The largest absolute Gasteiger partial charge is 0.466 e. The molecule has 0 radical (unpaired) electrons. The van der Waals surface area contributed by atoms with Crippen molar-refractivity contribution < 1.29 is 37.4 Å². The summed E-state index contributed by atoms with van der Waals surface area (Å²) in [5, 5.41) is 9.56. The van der Waals surface area contributed by atoms with Crippen molar-refractivity contribution in [3.05, 3.63) is 0 Å². The van der Waals surface area contributed by atoms with Crippen molar-refractivity contribution in [2.24, 2.45) is 0 Å². The van der Waals surface area contributed by atoms with E-state index in [-0.39, 0.29) is 52.6 Å². The number of hydrogen-bond donors (Lipinski definition) is 1. The molecule has 41 heavy (non-hydrogen) atoms. The molecule has 1 N–H and O–H groups in total. The van der Waals surface area contributed by atoms with E-state index < -0.39 is 31.1 Å². The van der Waals surface area contributed by atoms with E-state index in [1.165, 1.54) is 0 Å². The summed E-state index contributed by atoms with van der Waals surface area (Å²) in [6.07, 6.45) is -0.305.